The second-order valence-corrected chi connectivity index (χ2v) is 4.09. The van der Waals surface area contributed by atoms with Crippen molar-refractivity contribution in [2.75, 3.05) is 6.61 Å². The summed E-state index contributed by atoms with van der Waals surface area (Å²) in [4.78, 5) is 16.3. The molecule has 0 amide bonds. The third-order valence-corrected chi connectivity index (χ3v) is 2.97. The fourth-order valence-electron chi connectivity index (χ4n) is 2.10. The Bertz CT molecular complexity index is 739. The molecule has 0 saturated carbocycles. The molecule has 0 fully saturated rings. The molecule has 0 bridgehead atoms. The lowest BCUT2D eigenvalue weighted by Crippen LogP contribution is -2.07. The summed E-state index contributed by atoms with van der Waals surface area (Å²) >= 11 is 0. The first-order valence-electron chi connectivity index (χ1n) is 5.85. The van der Waals surface area contributed by atoms with Crippen LogP contribution in [0.2, 0.25) is 0 Å². The van der Waals surface area contributed by atoms with Crippen molar-refractivity contribution in [3.63, 3.8) is 0 Å². The molecule has 1 aromatic carbocycles. The molecular formula is C13H13N3O2. The topological polar surface area (TPSA) is 59.4 Å². The summed E-state index contributed by atoms with van der Waals surface area (Å²) in [7, 11) is 0. The number of fused-ring (bicyclic) bond motifs is 3. The molecule has 2 heterocycles. The summed E-state index contributed by atoms with van der Waals surface area (Å²) in [6.45, 7) is 4.01. The molecule has 0 aliphatic carbocycles. The van der Waals surface area contributed by atoms with E-state index >= 15 is 0 Å². The van der Waals surface area contributed by atoms with Crippen molar-refractivity contribution in [1.82, 2.24) is 14.6 Å². The highest BCUT2D eigenvalue weighted by Gasteiger charge is 2.18. The van der Waals surface area contributed by atoms with E-state index in [2.05, 4.69) is 10.1 Å². The first-order valence-corrected chi connectivity index (χ1v) is 5.85. The number of aromatic amines is 1. The van der Waals surface area contributed by atoms with Gasteiger partial charge in [-0.2, -0.15) is 0 Å². The van der Waals surface area contributed by atoms with Crippen LogP contribution in [-0.4, -0.2) is 27.2 Å². The van der Waals surface area contributed by atoms with Crippen LogP contribution in [0.4, 0.5) is 0 Å². The van der Waals surface area contributed by atoms with Gasteiger partial charge in [0.05, 0.1) is 17.6 Å². The molecule has 1 N–H and O–H groups in total. The minimum absolute atomic E-state index is 0.343. The Hall–Kier alpha value is -2.30. The molecule has 0 aliphatic rings. The fraction of sp³-hybridized carbons (Fsp3) is 0.231. The number of carbonyl (C=O) groups excluding carboxylic acids is 1. The predicted molar refractivity (Wildman–Crippen MR) is 67.7 cm³/mol. The van der Waals surface area contributed by atoms with Gasteiger partial charge in [0.25, 0.3) is 0 Å². The molecule has 0 unspecified atom stereocenters. The van der Waals surface area contributed by atoms with Gasteiger partial charge in [-0.05, 0) is 26.0 Å². The Morgan fingerprint density at radius 3 is 3.00 bits per heavy atom. The Morgan fingerprint density at radius 1 is 1.44 bits per heavy atom. The van der Waals surface area contributed by atoms with Crippen molar-refractivity contribution in [3.05, 3.63) is 35.5 Å². The summed E-state index contributed by atoms with van der Waals surface area (Å²) in [5.74, 6) is -0.343. The van der Waals surface area contributed by atoms with Crippen LogP contribution in [-0.2, 0) is 4.74 Å². The van der Waals surface area contributed by atoms with Gasteiger partial charge in [0.2, 0.25) is 0 Å². The minimum atomic E-state index is -0.343. The molecule has 92 valence electrons. The number of nitrogens with zero attached hydrogens (tertiary/aromatic N) is 2. The fourth-order valence-corrected chi connectivity index (χ4v) is 2.10. The van der Waals surface area contributed by atoms with Gasteiger partial charge in [-0.1, -0.05) is 12.1 Å². The maximum atomic E-state index is 11.8. The number of ether oxygens (including phenoxy) is 1. The van der Waals surface area contributed by atoms with Crippen molar-refractivity contribution in [1.29, 1.82) is 0 Å². The van der Waals surface area contributed by atoms with Crippen LogP contribution >= 0.6 is 0 Å². The lowest BCUT2D eigenvalue weighted by molar-refractivity contribution is 0.0518. The largest absolute Gasteiger partial charge is 0.461 e. The number of carbonyl (C=O) groups is 1. The molecule has 0 radical (unpaired) electrons. The van der Waals surface area contributed by atoms with Gasteiger partial charge in [0.1, 0.15) is 5.69 Å². The maximum absolute atomic E-state index is 11.8. The third-order valence-electron chi connectivity index (χ3n) is 2.97. The first kappa shape index (κ1) is 10.8. The number of nitrogens with one attached hydrogen (secondary N) is 1. The highest BCUT2D eigenvalue weighted by Crippen LogP contribution is 2.21. The van der Waals surface area contributed by atoms with Crippen LogP contribution < -0.4 is 0 Å². The summed E-state index contributed by atoms with van der Waals surface area (Å²) in [5.41, 5.74) is 3.89. The van der Waals surface area contributed by atoms with E-state index in [1.807, 2.05) is 35.7 Å². The molecule has 0 atom stereocenters. The van der Waals surface area contributed by atoms with Crippen LogP contribution in [0.3, 0.4) is 0 Å². The number of imidazole rings is 1. The predicted octanol–water partition coefficient (Wildman–Crippen LogP) is 2.30. The van der Waals surface area contributed by atoms with E-state index in [0.717, 1.165) is 22.2 Å². The highest BCUT2D eigenvalue weighted by molar-refractivity contribution is 5.92. The van der Waals surface area contributed by atoms with Crippen molar-refractivity contribution in [3.8, 4) is 0 Å². The van der Waals surface area contributed by atoms with E-state index < -0.39 is 0 Å². The van der Waals surface area contributed by atoms with E-state index in [1.165, 1.54) is 0 Å². The van der Waals surface area contributed by atoms with Gasteiger partial charge in [-0.15, -0.1) is 0 Å². The zero-order chi connectivity index (χ0) is 12.7. The monoisotopic (exact) mass is 243 g/mol. The third kappa shape index (κ3) is 1.40. The van der Waals surface area contributed by atoms with E-state index in [9.17, 15) is 4.79 Å². The van der Waals surface area contributed by atoms with Gasteiger partial charge in [-0.3, -0.25) is 5.10 Å². The summed E-state index contributed by atoms with van der Waals surface area (Å²) in [6, 6.07) is 7.78. The Labute approximate surface area is 103 Å². The van der Waals surface area contributed by atoms with Crippen LogP contribution in [0, 0.1) is 6.92 Å². The van der Waals surface area contributed by atoms with Gasteiger partial charge in [0.15, 0.2) is 5.65 Å². The number of hydrogen-bond donors (Lipinski definition) is 1. The average molecular weight is 243 g/mol. The number of hydrogen-bond acceptors (Lipinski definition) is 3. The van der Waals surface area contributed by atoms with Crippen LogP contribution in [0.25, 0.3) is 16.7 Å². The van der Waals surface area contributed by atoms with Crippen molar-refractivity contribution in [2.45, 2.75) is 13.8 Å². The maximum Gasteiger partial charge on any atom is 0.356 e. The highest BCUT2D eigenvalue weighted by atomic mass is 16.5. The molecule has 3 rings (SSSR count). The smallest absolute Gasteiger partial charge is 0.356 e. The van der Waals surface area contributed by atoms with Crippen LogP contribution in [0.1, 0.15) is 23.0 Å². The zero-order valence-corrected chi connectivity index (χ0v) is 10.2. The number of benzene rings is 1. The number of rotatable bonds is 2. The number of H-pyrrole nitrogens is 1. The number of aromatic nitrogens is 3. The van der Waals surface area contributed by atoms with Crippen molar-refractivity contribution < 1.29 is 9.53 Å². The van der Waals surface area contributed by atoms with Gasteiger partial charge >= 0.3 is 5.97 Å². The standard InChI is InChI=1S/C13H13N3O2/c1-3-18-13(17)11-8(2)12-14-9-6-4-5-7-10(9)16(12)15-11/h4-7,15H,3H2,1-2H3. The van der Waals surface area contributed by atoms with E-state index in [4.69, 9.17) is 4.74 Å². The Morgan fingerprint density at radius 2 is 2.22 bits per heavy atom. The van der Waals surface area contributed by atoms with Crippen LogP contribution in [0.5, 0.6) is 0 Å². The average Bonchev–Trinajstić information content (AvgIpc) is 2.88. The minimum Gasteiger partial charge on any atom is -0.461 e. The van der Waals surface area contributed by atoms with Gasteiger partial charge < -0.3 is 4.74 Å². The second kappa shape index (κ2) is 3.87. The Balaban J connectivity index is 2.25. The molecule has 0 spiro atoms. The lowest BCUT2D eigenvalue weighted by atomic mass is 10.3. The SMILES string of the molecule is CCOC(=O)c1[nH]n2c(nc3ccccc32)c1C. The normalized spacial score (nSPS) is 11.2. The molecule has 0 saturated heterocycles. The zero-order valence-electron chi connectivity index (χ0n) is 10.2. The molecule has 3 aromatic rings. The molecule has 0 aliphatic heterocycles. The Kier molecular flexibility index (Phi) is 2.33. The number of esters is 1. The van der Waals surface area contributed by atoms with Crippen LogP contribution in [0.15, 0.2) is 24.3 Å². The quantitative estimate of drug-likeness (QED) is 0.702. The summed E-state index contributed by atoms with van der Waals surface area (Å²) in [5, 5.41) is 3.05. The lowest BCUT2D eigenvalue weighted by Gasteiger charge is -1.99. The summed E-state index contributed by atoms with van der Waals surface area (Å²) in [6.07, 6.45) is 0. The van der Waals surface area contributed by atoms with Crippen molar-refractivity contribution in [2.24, 2.45) is 0 Å². The van der Waals surface area contributed by atoms with Gasteiger partial charge in [-0.25, -0.2) is 14.3 Å². The molecule has 2 aromatic heterocycles. The van der Waals surface area contributed by atoms with Gasteiger partial charge in [0, 0.05) is 5.56 Å². The number of aryl methyl sites for hydroxylation is 1. The molecule has 18 heavy (non-hydrogen) atoms. The van der Waals surface area contributed by atoms with E-state index in [0.29, 0.717) is 12.3 Å². The second-order valence-electron chi connectivity index (χ2n) is 4.09. The summed E-state index contributed by atoms with van der Waals surface area (Å²) < 4.78 is 6.82. The van der Waals surface area contributed by atoms with E-state index in [-0.39, 0.29) is 5.97 Å². The first-order chi connectivity index (χ1) is 8.72. The molecular weight excluding hydrogens is 230 g/mol. The molecule has 5 heteroatoms. The van der Waals surface area contributed by atoms with E-state index in [1.54, 1.807) is 6.92 Å². The number of para-hydroxylation sites is 2. The van der Waals surface area contributed by atoms with Crippen molar-refractivity contribution >= 4 is 22.6 Å². The molecule has 5 nitrogen and oxygen atoms in total.